The van der Waals surface area contributed by atoms with Crippen molar-refractivity contribution in [1.29, 1.82) is 0 Å². The van der Waals surface area contributed by atoms with Crippen molar-refractivity contribution in [3.63, 3.8) is 0 Å². The normalized spacial score (nSPS) is 20.8. The number of aromatic nitrogens is 1. The van der Waals surface area contributed by atoms with E-state index in [1.165, 1.54) is 5.56 Å². The zero-order chi connectivity index (χ0) is 18.0. The van der Waals surface area contributed by atoms with Crippen LogP contribution >= 0.6 is 11.3 Å². The Balaban J connectivity index is 1.46. The molecule has 0 radical (unpaired) electrons. The van der Waals surface area contributed by atoms with Crippen LogP contribution in [0.1, 0.15) is 31.2 Å². The molecule has 0 bridgehead atoms. The van der Waals surface area contributed by atoms with Crippen LogP contribution in [0.25, 0.3) is 0 Å². The van der Waals surface area contributed by atoms with E-state index in [-0.39, 0.29) is 11.5 Å². The number of rotatable bonds is 6. The molecule has 4 rings (SSSR count). The molecule has 1 aliphatic carbocycles. The summed E-state index contributed by atoms with van der Waals surface area (Å²) in [6.07, 6.45) is 5.56. The molecule has 6 heteroatoms. The molecule has 1 atom stereocenters. The van der Waals surface area contributed by atoms with Gasteiger partial charge in [0.1, 0.15) is 0 Å². The fraction of sp³-hybridized carbons (Fsp3) is 0.500. The molecule has 138 valence electrons. The molecule has 1 saturated heterocycles. The topological polar surface area (TPSA) is 54.3 Å². The third kappa shape index (κ3) is 3.62. The number of hydrogen-bond acceptors (Lipinski definition) is 4. The van der Waals surface area contributed by atoms with Crippen LogP contribution in [0.3, 0.4) is 0 Å². The van der Waals surface area contributed by atoms with Crippen molar-refractivity contribution in [3.8, 4) is 0 Å². The maximum absolute atomic E-state index is 13.1. The fourth-order valence-corrected chi connectivity index (χ4v) is 4.85. The van der Waals surface area contributed by atoms with Gasteiger partial charge in [-0.25, -0.2) is 0 Å². The van der Waals surface area contributed by atoms with Crippen molar-refractivity contribution in [1.82, 2.24) is 14.8 Å². The third-order valence-corrected chi connectivity index (χ3v) is 6.57. The first kappa shape index (κ1) is 17.5. The van der Waals surface area contributed by atoms with E-state index in [0.717, 1.165) is 32.4 Å². The molecule has 5 nitrogen and oxygen atoms in total. The van der Waals surface area contributed by atoms with E-state index < -0.39 is 0 Å². The molecule has 2 fully saturated rings. The summed E-state index contributed by atoms with van der Waals surface area (Å²) >= 11 is 1.67. The Labute approximate surface area is 157 Å². The molecule has 0 aromatic carbocycles. The Morgan fingerprint density at radius 1 is 1.31 bits per heavy atom. The average molecular weight is 372 g/mol. The van der Waals surface area contributed by atoms with Gasteiger partial charge in [0.25, 0.3) is 5.56 Å². The minimum atomic E-state index is -0.0501. The zero-order valence-electron chi connectivity index (χ0n) is 14.9. The first-order valence-electron chi connectivity index (χ1n) is 9.35. The van der Waals surface area contributed by atoms with E-state index in [0.29, 0.717) is 31.0 Å². The highest BCUT2D eigenvalue weighted by atomic mass is 32.1. The Morgan fingerprint density at radius 3 is 2.88 bits per heavy atom. The summed E-state index contributed by atoms with van der Waals surface area (Å²) in [6.45, 7) is 3.23. The maximum atomic E-state index is 13.1. The minimum absolute atomic E-state index is 0.0501. The second kappa shape index (κ2) is 7.37. The SMILES string of the molecule is O=C(CCn1ccccc1=O)N(Cc1ccsc1)[C@H]1CC12CCNCC2. The molecule has 0 unspecified atom stereocenters. The molecule has 1 spiro atoms. The molecule has 1 amide bonds. The number of aryl methyl sites for hydroxylation is 1. The van der Waals surface area contributed by atoms with Crippen LogP contribution in [0, 0.1) is 5.41 Å². The van der Waals surface area contributed by atoms with Crippen molar-refractivity contribution in [2.24, 2.45) is 5.41 Å². The van der Waals surface area contributed by atoms with Crippen LogP contribution in [0.2, 0.25) is 0 Å². The monoisotopic (exact) mass is 371 g/mol. The summed E-state index contributed by atoms with van der Waals surface area (Å²) in [6, 6.07) is 7.56. The number of nitrogens with one attached hydrogen (secondary N) is 1. The minimum Gasteiger partial charge on any atom is -0.335 e. The van der Waals surface area contributed by atoms with E-state index in [4.69, 9.17) is 0 Å². The van der Waals surface area contributed by atoms with Crippen molar-refractivity contribution < 1.29 is 4.79 Å². The van der Waals surface area contributed by atoms with Gasteiger partial charge in [0.05, 0.1) is 0 Å². The summed E-state index contributed by atoms with van der Waals surface area (Å²) in [4.78, 5) is 27.0. The van der Waals surface area contributed by atoms with Gasteiger partial charge in [-0.05, 0) is 66.2 Å². The molecule has 1 saturated carbocycles. The van der Waals surface area contributed by atoms with Crippen LogP contribution in [0.4, 0.5) is 0 Å². The van der Waals surface area contributed by atoms with E-state index in [1.807, 2.05) is 6.07 Å². The quantitative estimate of drug-likeness (QED) is 0.849. The fourth-order valence-electron chi connectivity index (χ4n) is 4.19. The smallest absolute Gasteiger partial charge is 0.250 e. The zero-order valence-corrected chi connectivity index (χ0v) is 15.7. The summed E-state index contributed by atoms with van der Waals surface area (Å²) in [5.41, 5.74) is 1.47. The molecule has 2 aliphatic rings. The predicted octanol–water partition coefficient (Wildman–Crippen LogP) is 2.47. The lowest BCUT2D eigenvalue weighted by atomic mass is 9.93. The number of thiophene rings is 1. The second-order valence-electron chi connectivity index (χ2n) is 7.47. The van der Waals surface area contributed by atoms with Gasteiger partial charge >= 0.3 is 0 Å². The summed E-state index contributed by atoms with van der Waals surface area (Å²) in [5, 5.41) is 7.62. The highest BCUT2D eigenvalue weighted by molar-refractivity contribution is 7.07. The first-order valence-corrected chi connectivity index (χ1v) is 10.3. The van der Waals surface area contributed by atoms with Gasteiger partial charge in [0, 0.05) is 37.8 Å². The highest BCUT2D eigenvalue weighted by Gasteiger charge is 2.57. The number of carbonyl (C=O) groups excluding carboxylic acids is 1. The van der Waals surface area contributed by atoms with Crippen LogP contribution in [-0.2, 0) is 17.9 Å². The molecule has 1 aliphatic heterocycles. The van der Waals surface area contributed by atoms with Gasteiger partial charge < -0.3 is 14.8 Å². The van der Waals surface area contributed by atoms with E-state index in [2.05, 4.69) is 27.0 Å². The first-order chi connectivity index (χ1) is 12.7. The lowest BCUT2D eigenvalue weighted by Gasteiger charge is -2.29. The van der Waals surface area contributed by atoms with Crippen molar-refractivity contribution >= 4 is 17.2 Å². The molecule has 3 heterocycles. The van der Waals surface area contributed by atoms with Gasteiger partial charge in [-0.3, -0.25) is 9.59 Å². The predicted molar refractivity (Wildman–Crippen MR) is 103 cm³/mol. The Bertz CT molecular complexity index is 808. The largest absolute Gasteiger partial charge is 0.335 e. The van der Waals surface area contributed by atoms with E-state index in [9.17, 15) is 9.59 Å². The van der Waals surface area contributed by atoms with Gasteiger partial charge in [0.15, 0.2) is 0 Å². The molecule has 1 N–H and O–H groups in total. The van der Waals surface area contributed by atoms with Gasteiger partial charge in [-0.1, -0.05) is 6.07 Å². The average Bonchev–Trinajstić information content (AvgIpc) is 3.08. The molecule has 2 aromatic rings. The standard InChI is InChI=1S/C20H25N3O2S/c24-18-3-1-2-10-22(18)11-4-19(25)23(14-16-5-12-26-15-16)17-13-20(17)6-8-21-9-7-20/h1-3,5,10,12,15,17,21H,4,6-9,11,13-14H2/t17-/m0/s1. The highest BCUT2D eigenvalue weighted by Crippen LogP contribution is 2.56. The summed E-state index contributed by atoms with van der Waals surface area (Å²) < 4.78 is 1.62. The van der Waals surface area contributed by atoms with Gasteiger partial charge in [-0.2, -0.15) is 11.3 Å². The third-order valence-electron chi connectivity index (χ3n) is 5.84. The van der Waals surface area contributed by atoms with Gasteiger partial charge in [-0.15, -0.1) is 0 Å². The van der Waals surface area contributed by atoms with Crippen LogP contribution in [0.15, 0.2) is 46.0 Å². The lowest BCUT2D eigenvalue weighted by molar-refractivity contribution is -0.133. The number of hydrogen-bond donors (Lipinski definition) is 1. The summed E-state index contributed by atoms with van der Waals surface area (Å²) in [7, 11) is 0. The lowest BCUT2D eigenvalue weighted by Crippen LogP contribution is -2.39. The Hall–Kier alpha value is -1.92. The van der Waals surface area contributed by atoms with Crippen LogP contribution < -0.4 is 10.9 Å². The Morgan fingerprint density at radius 2 is 2.15 bits per heavy atom. The molecule has 26 heavy (non-hydrogen) atoms. The van der Waals surface area contributed by atoms with Crippen molar-refractivity contribution in [2.75, 3.05) is 13.1 Å². The molecule has 2 aromatic heterocycles. The van der Waals surface area contributed by atoms with E-state index >= 15 is 0 Å². The number of pyridine rings is 1. The molecular formula is C20H25N3O2S. The maximum Gasteiger partial charge on any atom is 0.250 e. The number of carbonyl (C=O) groups is 1. The van der Waals surface area contributed by atoms with Crippen LogP contribution in [0.5, 0.6) is 0 Å². The number of nitrogens with zero attached hydrogens (tertiary/aromatic N) is 2. The molecular weight excluding hydrogens is 346 g/mol. The number of amides is 1. The number of piperidine rings is 1. The van der Waals surface area contributed by atoms with Gasteiger partial charge in [0.2, 0.25) is 5.91 Å². The van der Waals surface area contributed by atoms with Crippen LogP contribution in [-0.4, -0.2) is 34.5 Å². The summed E-state index contributed by atoms with van der Waals surface area (Å²) in [5.74, 6) is 0.160. The van der Waals surface area contributed by atoms with Crippen molar-refractivity contribution in [2.45, 2.75) is 44.8 Å². The van der Waals surface area contributed by atoms with E-state index in [1.54, 1.807) is 34.2 Å². The van der Waals surface area contributed by atoms with Crippen molar-refractivity contribution in [3.05, 3.63) is 57.1 Å². The Kier molecular flexibility index (Phi) is 4.96. The second-order valence-corrected chi connectivity index (χ2v) is 8.25.